The molecule has 1 saturated heterocycles. The summed E-state index contributed by atoms with van der Waals surface area (Å²) < 4.78 is 12.6. The minimum Gasteiger partial charge on any atom is -0.454 e. The van der Waals surface area contributed by atoms with Gasteiger partial charge in [0.1, 0.15) is 5.57 Å². The lowest BCUT2D eigenvalue weighted by Gasteiger charge is -2.26. The zero-order valence-electron chi connectivity index (χ0n) is 15.7. The quantitative estimate of drug-likeness (QED) is 0.652. The molecule has 0 radical (unpaired) electrons. The Labute approximate surface area is 161 Å². The molecule has 4 rings (SSSR count). The lowest BCUT2D eigenvalue weighted by atomic mass is 10.1. The van der Waals surface area contributed by atoms with Crippen LogP contribution in [0.5, 0.6) is 11.5 Å². The Morgan fingerprint density at radius 2 is 1.86 bits per heavy atom. The molecule has 2 aromatic rings. The summed E-state index contributed by atoms with van der Waals surface area (Å²) in [6.07, 6.45) is 3.37. The van der Waals surface area contributed by atoms with Crippen molar-refractivity contribution in [1.29, 1.82) is 0 Å². The van der Waals surface area contributed by atoms with Crippen molar-refractivity contribution < 1.29 is 23.9 Å². The van der Waals surface area contributed by atoms with Gasteiger partial charge in [0.2, 0.25) is 6.79 Å². The summed E-state index contributed by atoms with van der Waals surface area (Å²) in [7, 11) is 0. The van der Waals surface area contributed by atoms with Crippen molar-refractivity contribution in [3.8, 4) is 11.5 Å². The summed E-state index contributed by atoms with van der Waals surface area (Å²) in [5, 5.41) is 2.22. The third-order valence-corrected chi connectivity index (χ3v) is 4.65. The number of rotatable bonds is 3. The maximum absolute atomic E-state index is 13.0. The van der Waals surface area contributed by atoms with Crippen molar-refractivity contribution in [3.05, 3.63) is 47.3 Å². The van der Waals surface area contributed by atoms with Gasteiger partial charge in [-0.2, -0.15) is 0 Å². The van der Waals surface area contributed by atoms with Crippen LogP contribution in [0.25, 0.3) is 6.08 Å². The number of amides is 4. The van der Waals surface area contributed by atoms with Crippen LogP contribution in [-0.2, 0) is 9.59 Å². The van der Waals surface area contributed by atoms with E-state index in [0.717, 1.165) is 10.6 Å². The Kier molecular flexibility index (Phi) is 4.18. The molecule has 0 aliphatic carbocycles. The van der Waals surface area contributed by atoms with E-state index in [-0.39, 0.29) is 18.4 Å². The van der Waals surface area contributed by atoms with E-state index in [0.29, 0.717) is 22.7 Å². The molecule has 0 atom stereocenters. The highest BCUT2D eigenvalue weighted by atomic mass is 16.7. The van der Waals surface area contributed by atoms with Crippen molar-refractivity contribution in [3.63, 3.8) is 0 Å². The largest absolute Gasteiger partial charge is 0.454 e. The van der Waals surface area contributed by atoms with E-state index in [1.54, 1.807) is 12.1 Å². The minimum atomic E-state index is -0.804. The third kappa shape index (κ3) is 2.92. The number of nitrogens with one attached hydrogen (secondary N) is 1. The van der Waals surface area contributed by atoms with E-state index in [1.807, 2.05) is 37.6 Å². The van der Waals surface area contributed by atoms with Gasteiger partial charge in [-0.15, -0.1) is 0 Å². The summed E-state index contributed by atoms with van der Waals surface area (Å²) in [4.78, 5) is 38.5. The van der Waals surface area contributed by atoms with Gasteiger partial charge >= 0.3 is 6.03 Å². The normalized spacial score (nSPS) is 17.6. The van der Waals surface area contributed by atoms with Gasteiger partial charge in [0.05, 0.1) is 5.69 Å². The van der Waals surface area contributed by atoms with Gasteiger partial charge in [0.15, 0.2) is 11.5 Å². The highest BCUT2D eigenvalue weighted by Gasteiger charge is 2.37. The topological polar surface area (TPSA) is 89.9 Å². The molecule has 0 saturated carbocycles. The van der Waals surface area contributed by atoms with E-state index >= 15 is 0 Å². The van der Waals surface area contributed by atoms with Crippen molar-refractivity contribution in [1.82, 2.24) is 9.88 Å². The first kappa shape index (κ1) is 17.8. The molecule has 8 nitrogen and oxygen atoms in total. The number of urea groups is 1. The number of barbiturate groups is 1. The fourth-order valence-electron chi connectivity index (χ4n) is 3.33. The van der Waals surface area contributed by atoms with Crippen LogP contribution in [0.15, 0.2) is 36.0 Å². The fraction of sp³-hybridized carbons (Fsp3) is 0.250. The maximum Gasteiger partial charge on any atom is 0.335 e. The molecular formula is C20H19N3O5. The van der Waals surface area contributed by atoms with Gasteiger partial charge < -0.3 is 14.0 Å². The van der Waals surface area contributed by atoms with Gasteiger partial charge in [-0.05, 0) is 50.6 Å². The molecule has 1 aromatic carbocycles. The minimum absolute atomic E-state index is 0.0781. The lowest BCUT2D eigenvalue weighted by molar-refractivity contribution is -0.122. The van der Waals surface area contributed by atoms with Gasteiger partial charge in [0, 0.05) is 24.0 Å². The van der Waals surface area contributed by atoms with Gasteiger partial charge in [0.25, 0.3) is 11.8 Å². The number of imide groups is 2. The number of aromatic nitrogens is 1. The van der Waals surface area contributed by atoms with Gasteiger partial charge in [-0.25, -0.2) is 9.69 Å². The van der Waals surface area contributed by atoms with Crippen LogP contribution in [0.2, 0.25) is 0 Å². The molecule has 0 unspecified atom stereocenters. The second-order valence-corrected chi connectivity index (χ2v) is 6.91. The Bertz CT molecular complexity index is 1030. The first-order valence-corrected chi connectivity index (χ1v) is 8.84. The van der Waals surface area contributed by atoms with Crippen molar-refractivity contribution in [2.45, 2.75) is 26.8 Å². The van der Waals surface area contributed by atoms with Crippen LogP contribution < -0.4 is 19.7 Å². The van der Waals surface area contributed by atoms with Gasteiger partial charge in [-0.1, -0.05) is 0 Å². The highest BCUT2D eigenvalue weighted by Crippen LogP contribution is 2.36. The lowest BCUT2D eigenvalue weighted by Crippen LogP contribution is -2.54. The molecule has 2 aliphatic heterocycles. The first-order chi connectivity index (χ1) is 13.3. The van der Waals surface area contributed by atoms with Crippen molar-refractivity contribution >= 4 is 29.6 Å². The SMILES string of the molecule is Cc1cc(/C=C2/C(=O)NC(=O)N(c3ccc4c(c3)OCO4)C2=O)cn1C(C)C. The van der Waals surface area contributed by atoms with Crippen LogP contribution in [0, 0.1) is 6.92 Å². The second-order valence-electron chi connectivity index (χ2n) is 6.91. The molecule has 144 valence electrons. The van der Waals surface area contributed by atoms with Crippen LogP contribution in [-0.4, -0.2) is 29.2 Å². The average molecular weight is 381 g/mol. The standard InChI is InChI=1S/C20H19N3O5/c1-11(2)22-9-13(6-12(22)3)7-15-18(24)21-20(26)23(19(15)25)14-4-5-16-17(8-14)28-10-27-16/h4-9,11H,10H2,1-3H3,(H,21,24,26)/b15-7-. The van der Waals surface area contributed by atoms with Gasteiger partial charge in [-0.3, -0.25) is 14.9 Å². The van der Waals surface area contributed by atoms with Crippen molar-refractivity contribution in [2.24, 2.45) is 0 Å². The third-order valence-electron chi connectivity index (χ3n) is 4.65. The smallest absolute Gasteiger partial charge is 0.335 e. The zero-order chi connectivity index (χ0) is 20.0. The summed E-state index contributed by atoms with van der Waals surface area (Å²) in [6, 6.07) is 6.04. The number of ether oxygens (including phenoxy) is 2. The Hall–Kier alpha value is -3.55. The second kappa shape index (κ2) is 6.56. The monoisotopic (exact) mass is 381 g/mol. The van der Waals surface area contributed by atoms with Crippen LogP contribution >= 0.6 is 0 Å². The number of hydrogen-bond acceptors (Lipinski definition) is 5. The van der Waals surface area contributed by atoms with Crippen LogP contribution in [0.3, 0.4) is 0 Å². The number of aryl methyl sites for hydroxylation is 1. The fourth-order valence-corrected chi connectivity index (χ4v) is 3.33. The zero-order valence-corrected chi connectivity index (χ0v) is 15.7. The summed E-state index contributed by atoms with van der Waals surface area (Å²) in [5.74, 6) is -0.444. The number of nitrogens with zero attached hydrogens (tertiary/aromatic N) is 2. The number of benzene rings is 1. The maximum atomic E-state index is 13.0. The Balaban J connectivity index is 1.71. The van der Waals surface area contributed by atoms with E-state index < -0.39 is 17.8 Å². The van der Waals surface area contributed by atoms with E-state index in [4.69, 9.17) is 9.47 Å². The summed E-state index contributed by atoms with van der Waals surface area (Å²) in [6.45, 7) is 6.12. The predicted molar refractivity (Wildman–Crippen MR) is 101 cm³/mol. The molecule has 0 bridgehead atoms. The highest BCUT2D eigenvalue weighted by molar-refractivity contribution is 6.39. The number of carbonyl (C=O) groups excluding carboxylic acids is 3. The molecule has 1 N–H and O–H groups in total. The van der Waals surface area contributed by atoms with E-state index in [9.17, 15) is 14.4 Å². The Morgan fingerprint density at radius 3 is 2.57 bits per heavy atom. The van der Waals surface area contributed by atoms with E-state index in [2.05, 4.69) is 5.32 Å². The molecule has 8 heteroatoms. The summed E-state index contributed by atoms with van der Waals surface area (Å²) >= 11 is 0. The average Bonchev–Trinajstić information content (AvgIpc) is 3.24. The predicted octanol–water partition coefficient (Wildman–Crippen LogP) is 2.77. The number of carbonyl (C=O) groups is 3. The molecule has 0 spiro atoms. The molecule has 28 heavy (non-hydrogen) atoms. The molecule has 3 heterocycles. The van der Waals surface area contributed by atoms with E-state index in [1.165, 1.54) is 12.1 Å². The molecule has 2 aliphatic rings. The van der Waals surface area contributed by atoms with Crippen LogP contribution in [0.4, 0.5) is 10.5 Å². The molecule has 4 amide bonds. The molecule has 1 fully saturated rings. The molecular weight excluding hydrogens is 362 g/mol. The van der Waals surface area contributed by atoms with Crippen molar-refractivity contribution in [2.75, 3.05) is 11.7 Å². The number of hydrogen-bond donors (Lipinski definition) is 1. The summed E-state index contributed by atoms with van der Waals surface area (Å²) in [5.41, 5.74) is 1.90. The number of anilines is 1. The van der Waals surface area contributed by atoms with Crippen LogP contribution in [0.1, 0.15) is 31.1 Å². The first-order valence-electron chi connectivity index (χ1n) is 8.84. The Morgan fingerprint density at radius 1 is 1.11 bits per heavy atom. The molecule has 1 aromatic heterocycles. The number of fused-ring (bicyclic) bond motifs is 1.